The first-order valence-electron chi connectivity index (χ1n) is 7.89. The first-order valence-corrected chi connectivity index (χ1v) is 8.27. The summed E-state index contributed by atoms with van der Waals surface area (Å²) >= 11 is 6.30. The summed E-state index contributed by atoms with van der Waals surface area (Å²) in [7, 11) is 1.64. The van der Waals surface area contributed by atoms with Gasteiger partial charge in [0.2, 0.25) is 0 Å². The molecule has 1 aromatic rings. The summed E-state index contributed by atoms with van der Waals surface area (Å²) in [5.74, 6) is 1.23. The van der Waals surface area contributed by atoms with E-state index in [9.17, 15) is 0 Å². The van der Waals surface area contributed by atoms with E-state index in [1.807, 2.05) is 12.1 Å². The van der Waals surface area contributed by atoms with Gasteiger partial charge in [0.05, 0.1) is 18.2 Å². The van der Waals surface area contributed by atoms with Crippen LogP contribution in [0.5, 0.6) is 5.75 Å². The summed E-state index contributed by atoms with van der Waals surface area (Å²) in [5.41, 5.74) is 1.23. The highest BCUT2D eigenvalue weighted by molar-refractivity contribution is 6.32. The molecule has 2 rings (SSSR count). The number of benzene rings is 1. The lowest BCUT2D eigenvalue weighted by Gasteiger charge is -2.29. The molecular weight excluding hydrogens is 286 g/mol. The van der Waals surface area contributed by atoms with Crippen LogP contribution in [0.3, 0.4) is 0 Å². The van der Waals surface area contributed by atoms with E-state index in [-0.39, 0.29) is 0 Å². The van der Waals surface area contributed by atoms with E-state index < -0.39 is 0 Å². The molecule has 0 aromatic heterocycles. The fourth-order valence-corrected chi connectivity index (χ4v) is 3.43. The molecule has 1 aliphatic rings. The molecule has 0 saturated carbocycles. The van der Waals surface area contributed by atoms with E-state index in [4.69, 9.17) is 21.1 Å². The maximum absolute atomic E-state index is 6.30. The molecule has 1 N–H and O–H groups in total. The van der Waals surface area contributed by atoms with Gasteiger partial charge in [0, 0.05) is 18.6 Å². The number of halogens is 1. The van der Waals surface area contributed by atoms with Gasteiger partial charge in [-0.3, -0.25) is 0 Å². The molecule has 4 heteroatoms. The lowest BCUT2D eigenvalue weighted by Crippen LogP contribution is -2.33. The zero-order valence-corrected chi connectivity index (χ0v) is 14.0. The molecule has 1 heterocycles. The van der Waals surface area contributed by atoms with Gasteiger partial charge in [0.15, 0.2) is 0 Å². The molecule has 1 aromatic carbocycles. The second kappa shape index (κ2) is 8.02. The van der Waals surface area contributed by atoms with Gasteiger partial charge in [0.25, 0.3) is 0 Å². The third-order valence-electron chi connectivity index (χ3n) is 4.24. The van der Waals surface area contributed by atoms with E-state index in [0.717, 1.165) is 38.2 Å². The van der Waals surface area contributed by atoms with Crippen LogP contribution in [0, 0.1) is 5.92 Å². The van der Waals surface area contributed by atoms with Crippen LogP contribution in [0.15, 0.2) is 18.2 Å². The van der Waals surface area contributed by atoms with Crippen molar-refractivity contribution in [3.05, 3.63) is 28.8 Å². The molecule has 118 valence electrons. The monoisotopic (exact) mass is 311 g/mol. The Morgan fingerprint density at radius 1 is 1.43 bits per heavy atom. The molecule has 0 amide bonds. The van der Waals surface area contributed by atoms with Crippen LogP contribution < -0.4 is 10.1 Å². The smallest absolute Gasteiger partial charge is 0.137 e. The molecule has 1 aliphatic heterocycles. The van der Waals surface area contributed by atoms with Gasteiger partial charge >= 0.3 is 0 Å². The third kappa shape index (κ3) is 3.91. The van der Waals surface area contributed by atoms with Gasteiger partial charge in [-0.15, -0.1) is 0 Å². The van der Waals surface area contributed by atoms with Crippen molar-refractivity contribution in [3.8, 4) is 5.75 Å². The number of hydrogen-bond acceptors (Lipinski definition) is 3. The van der Waals surface area contributed by atoms with Crippen molar-refractivity contribution in [3.63, 3.8) is 0 Å². The van der Waals surface area contributed by atoms with Crippen molar-refractivity contribution in [1.29, 1.82) is 0 Å². The van der Waals surface area contributed by atoms with Crippen molar-refractivity contribution < 1.29 is 9.47 Å². The first-order chi connectivity index (χ1) is 10.2. The second-order valence-corrected chi connectivity index (χ2v) is 6.00. The van der Waals surface area contributed by atoms with Crippen LogP contribution in [0.4, 0.5) is 0 Å². The minimum Gasteiger partial charge on any atom is -0.495 e. The topological polar surface area (TPSA) is 30.5 Å². The standard InChI is InChI=1S/C17H26ClNO2/c1-4-9-19-17(13-8-10-21-15(13)5-2)12-6-7-16(20-3)14(18)11-12/h6-7,11,13,15,17,19H,4-5,8-10H2,1-3H3. The van der Waals surface area contributed by atoms with Gasteiger partial charge in [-0.2, -0.15) is 0 Å². The molecule has 3 unspecified atom stereocenters. The summed E-state index contributed by atoms with van der Waals surface area (Å²) in [4.78, 5) is 0. The number of ether oxygens (including phenoxy) is 2. The zero-order chi connectivity index (χ0) is 15.2. The lowest BCUT2D eigenvalue weighted by molar-refractivity contribution is 0.0774. The SMILES string of the molecule is CCCNC(c1ccc(OC)c(Cl)c1)C1CCOC1CC. The van der Waals surface area contributed by atoms with Crippen molar-refractivity contribution >= 4 is 11.6 Å². The van der Waals surface area contributed by atoms with Gasteiger partial charge in [-0.1, -0.05) is 31.5 Å². The Hall–Kier alpha value is -0.770. The Morgan fingerprint density at radius 2 is 2.24 bits per heavy atom. The highest BCUT2D eigenvalue weighted by Gasteiger charge is 2.34. The zero-order valence-electron chi connectivity index (χ0n) is 13.2. The predicted octanol–water partition coefficient (Wildman–Crippen LogP) is 4.20. The first kappa shape index (κ1) is 16.6. The van der Waals surface area contributed by atoms with E-state index in [1.54, 1.807) is 7.11 Å². The van der Waals surface area contributed by atoms with E-state index in [1.165, 1.54) is 5.56 Å². The Labute approximate surface area is 133 Å². The molecule has 0 spiro atoms. The van der Waals surface area contributed by atoms with Crippen LogP contribution >= 0.6 is 11.6 Å². The molecule has 1 saturated heterocycles. The summed E-state index contributed by atoms with van der Waals surface area (Å²) in [6.45, 7) is 6.24. The van der Waals surface area contributed by atoms with E-state index >= 15 is 0 Å². The van der Waals surface area contributed by atoms with Gasteiger partial charge in [0.1, 0.15) is 5.75 Å². The predicted molar refractivity (Wildman–Crippen MR) is 87.2 cm³/mol. The highest BCUT2D eigenvalue weighted by Crippen LogP contribution is 2.37. The molecule has 3 nitrogen and oxygen atoms in total. The summed E-state index contributed by atoms with van der Waals surface area (Å²) in [5, 5.41) is 4.35. The Balaban J connectivity index is 2.24. The van der Waals surface area contributed by atoms with Crippen molar-refractivity contribution in [2.45, 2.75) is 45.3 Å². The fourth-order valence-electron chi connectivity index (χ4n) is 3.16. The molecular formula is C17H26ClNO2. The largest absolute Gasteiger partial charge is 0.495 e. The Bertz CT molecular complexity index is 452. The number of rotatable bonds is 7. The molecule has 1 fully saturated rings. The molecule has 0 radical (unpaired) electrons. The number of hydrogen-bond donors (Lipinski definition) is 1. The number of methoxy groups -OCH3 is 1. The lowest BCUT2D eigenvalue weighted by atomic mass is 9.86. The van der Waals surface area contributed by atoms with Gasteiger partial charge < -0.3 is 14.8 Å². The van der Waals surface area contributed by atoms with Crippen LogP contribution in [0.2, 0.25) is 5.02 Å². The second-order valence-electron chi connectivity index (χ2n) is 5.60. The maximum Gasteiger partial charge on any atom is 0.137 e. The normalized spacial score (nSPS) is 23.2. The molecule has 0 aliphatic carbocycles. The van der Waals surface area contributed by atoms with Crippen LogP contribution in [-0.4, -0.2) is 26.4 Å². The number of nitrogens with one attached hydrogen (secondary N) is 1. The van der Waals surface area contributed by atoms with Crippen LogP contribution in [-0.2, 0) is 4.74 Å². The average Bonchev–Trinajstić information content (AvgIpc) is 2.96. The Morgan fingerprint density at radius 3 is 2.86 bits per heavy atom. The third-order valence-corrected chi connectivity index (χ3v) is 4.54. The van der Waals surface area contributed by atoms with Crippen molar-refractivity contribution in [2.24, 2.45) is 5.92 Å². The van der Waals surface area contributed by atoms with Gasteiger partial charge in [-0.25, -0.2) is 0 Å². The summed E-state index contributed by atoms with van der Waals surface area (Å²) < 4.78 is 11.1. The summed E-state index contributed by atoms with van der Waals surface area (Å²) in [6, 6.07) is 6.39. The minimum atomic E-state index is 0.292. The van der Waals surface area contributed by atoms with E-state index in [2.05, 4.69) is 25.2 Å². The fraction of sp³-hybridized carbons (Fsp3) is 0.647. The van der Waals surface area contributed by atoms with Crippen LogP contribution in [0.1, 0.15) is 44.7 Å². The van der Waals surface area contributed by atoms with Crippen molar-refractivity contribution in [2.75, 3.05) is 20.3 Å². The molecule has 3 atom stereocenters. The highest BCUT2D eigenvalue weighted by atomic mass is 35.5. The minimum absolute atomic E-state index is 0.292. The van der Waals surface area contributed by atoms with Crippen molar-refractivity contribution in [1.82, 2.24) is 5.32 Å². The van der Waals surface area contributed by atoms with E-state index in [0.29, 0.717) is 23.1 Å². The summed E-state index contributed by atoms with van der Waals surface area (Å²) in [6.07, 6.45) is 3.60. The quantitative estimate of drug-likeness (QED) is 0.818. The molecule has 21 heavy (non-hydrogen) atoms. The van der Waals surface area contributed by atoms with Gasteiger partial charge in [-0.05, 0) is 43.5 Å². The maximum atomic E-state index is 6.30. The average molecular weight is 312 g/mol. The Kier molecular flexibility index (Phi) is 6.34. The molecule has 0 bridgehead atoms. The van der Waals surface area contributed by atoms with Crippen LogP contribution in [0.25, 0.3) is 0 Å².